The summed E-state index contributed by atoms with van der Waals surface area (Å²) in [4.78, 5) is 11.2. The predicted octanol–water partition coefficient (Wildman–Crippen LogP) is 2.00. The zero-order valence-corrected chi connectivity index (χ0v) is 11.9. The van der Waals surface area contributed by atoms with Gasteiger partial charge in [0.2, 0.25) is 5.91 Å². The summed E-state index contributed by atoms with van der Waals surface area (Å²) in [6.07, 6.45) is 3.63. The molecule has 1 amide bonds. The maximum Gasteiger partial charge on any atom is 0.220 e. The average molecular weight is 281 g/mol. The number of nitrogens with one attached hydrogen (secondary N) is 1. The van der Waals surface area contributed by atoms with Gasteiger partial charge in [0.1, 0.15) is 0 Å². The Bertz CT molecular complexity index is 448. The van der Waals surface area contributed by atoms with E-state index in [9.17, 15) is 4.79 Å². The first kappa shape index (κ1) is 14.4. The van der Waals surface area contributed by atoms with Gasteiger partial charge < -0.3 is 11.1 Å². The maximum atomic E-state index is 11.2. The van der Waals surface area contributed by atoms with E-state index in [1.165, 1.54) is 16.7 Å². The molecule has 0 bridgehead atoms. The Labute approximate surface area is 119 Å². The molecule has 0 saturated heterocycles. The van der Waals surface area contributed by atoms with E-state index in [0.29, 0.717) is 5.88 Å². The quantitative estimate of drug-likeness (QED) is 0.619. The Morgan fingerprint density at radius 3 is 3.00 bits per heavy atom. The molecule has 1 unspecified atom stereocenters. The lowest BCUT2D eigenvalue weighted by atomic mass is 9.83. The minimum absolute atomic E-state index is 0.0141. The Morgan fingerprint density at radius 2 is 2.26 bits per heavy atom. The Kier molecular flexibility index (Phi) is 5.23. The van der Waals surface area contributed by atoms with Gasteiger partial charge in [-0.05, 0) is 48.9 Å². The molecule has 0 fully saturated rings. The first-order valence-electron chi connectivity index (χ1n) is 6.87. The predicted molar refractivity (Wildman–Crippen MR) is 78.2 cm³/mol. The molecule has 1 aliphatic rings. The standard InChI is InChI=1S/C15H21ClN2O/c16-6-1-7-18-10-11-2-3-13-9-14(15(17)19)5-4-12(13)8-11/h2-3,8,14,18H,1,4-7,9-10H2,(H2,17,19). The molecule has 1 aromatic carbocycles. The molecule has 0 spiro atoms. The third kappa shape index (κ3) is 3.95. The highest BCUT2D eigenvalue weighted by Gasteiger charge is 2.22. The van der Waals surface area contributed by atoms with Gasteiger partial charge in [0.25, 0.3) is 0 Å². The second kappa shape index (κ2) is 6.92. The molecule has 1 atom stereocenters. The summed E-state index contributed by atoms with van der Waals surface area (Å²) in [7, 11) is 0. The van der Waals surface area contributed by atoms with Crippen molar-refractivity contribution in [2.75, 3.05) is 12.4 Å². The van der Waals surface area contributed by atoms with Gasteiger partial charge >= 0.3 is 0 Å². The summed E-state index contributed by atoms with van der Waals surface area (Å²) in [5, 5.41) is 3.38. The molecule has 0 radical (unpaired) electrons. The van der Waals surface area contributed by atoms with E-state index in [0.717, 1.165) is 38.8 Å². The minimum atomic E-state index is -0.169. The number of hydrogen-bond donors (Lipinski definition) is 2. The van der Waals surface area contributed by atoms with Crippen LogP contribution in [0.15, 0.2) is 18.2 Å². The van der Waals surface area contributed by atoms with E-state index < -0.39 is 0 Å². The highest BCUT2D eigenvalue weighted by Crippen LogP contribution is 2.26. The summed E-state index contributed by atoms with van der Waals surface area (Å²) >= 11 is 5.64. The van der Waals surface area contributed by atoms with Crippen molar-refractivity contribution in [1.29, 1.82) is 0 Å². The van der Waals surface area contributed by atoms with E-state index in [1.54, 1.807) is 0 Å². The van der Waals surface area contributed by atoms with Gasteiger partial charge in [0.05, 0.1) is 0 Å². The smallest absolute Gasteiger partial charge is 0.220 e. The first-order chi connectivity index (χ1) is 9.20. The number of hydrogen-bond acceptors (Lipinski definition) is 2. The SMILES string of the molecule is NC(=O)C1CCc2cc(CNCCCCl)ccc2C1. The van der Waals surface area contributed by atoms with Crippen molar-refractivity contribution in [3.63, 3.8) is 0 Å². The topological polar surface area (TPSA) is 55.1 Å². The molecule has 3 N–H and O–H groups in total. The number of nitrogens with two attached hydrogens (primary N) is 1. The molecule has 3 nitrogen and oxygen atoms in total. The molecule has 0 aromatic heterocycles. The summed E-state index contributed by atoms with van der Waals surface area (Å²) < 4.78 is 0. The Balaban J connectivity index is 1.95. The fourth-order valence-corrected chi connectivity index (χ4v) is 2.72. The first-order valence-corrected chi connectivity index (χ1v) is 7.41. The molecule has 0 heterocycles. The van der Waals surface area contributed by atoms with Crippen molar-refractivity contribution in [1.82, 2.24) is 5.32 Å². The molecule has 104 valence electrons. The van der Waals surface area contributed by atoms with Crippen LogP contribution in [0.3, 0.4) is 0 Å². The maximum absolute atomic E-state index is 11.2. The van der Waals surface area contributed by atoms with Gasteiger partial charge in [0, 0.05) is 18.3 Å². The van der Waals surface area contributed by atoms with Crippen LogP contribution in [0.2, 0.25) is 0 Å². The fourth-order valence-electron chi connectivity index (χ4n) is 2.59. The monoisotopic (exact) mass is 280 g/mol. The van der Waals surface area contributed by atoms with Crippen LogP contribution in [0, 0.1) is 5.92 Å². The zero-order valence-electron chi connectivity index (χ0n) is 11.1. The van der Waals surface area contributed by atoms with Gasteiger partial charge in [0.15, 0.2) is 0 Å². The van der Waals surface area contributed by atoms with Gasteiger partial charge in [-0.2, -0.15) is 0 Å². The molecule has 0 aliphatic heterocycles. The number of carbonyl (C=O) groups is 1. The number of primary amides is 1. The van der Waals surface area contributed by atoms with Crippen molar-refractivity contribution < 1.29 is 4.79 Å². The molecule has 2 rings (SSSR count). The number of amides is 1. The van der Waals surface area contributed by atoms with Crippen LogP contribution in [-0.4, -0.2) is 18.3 Å². The number of fused-ring (bicyclic) bond motifs is 1. The molecule has 1 aromatic rings. The van der Waals surface area contributed by atoms with Gasteiger partial charge in [-0.3, -0.25) is 4.79 Å². The van der Waals surface area contributed by atoms with Crippen LogP contribution < -0.4 is 11.1 Å². The molecular formula is C15H21ClN2O. The summed E-state index contributed by atoms with van der Waals surface area (Å²) in [5.41, 5.74) is 9.33. The van der Waals surface area contributed by atoms with E-state index >= 15 is 0 Å². The van der Waals surface area contributed by atoms with Crippen molar-refractivity contribution >= 4 is 17.5 Å². The zero-order chi connectivity index (χ0) is 13.7. The van der Waals surface area contributed by atoms with Crippen LogP contribution in [0.25, 0.3) is 0 Å². The lowest BCUT2D eigenvalue weighted by Crippen LogP contribution is -2.28. The Hall–Kier alpha value is -1.06. The van der Waals surface area contributed by atoms with Crippen molar-refractivity contribution in [3.05, 3.63) is 34.9 Å². The van der Waals surface area contributed by atoms with E-state index in [1.807, 2.05) is 0 Å². The average Bonchev–Trinajstić information content (AvgIpc) is 2.43. The highest BCUT2D eigenvalue weighted by molar-refractivity contribution is 6.17. The lowest BCUT2D eigenvalue weighted by molar-refractivity contribution is -0.122. The van der Waals surface area contributed by atoms with Gasteiger partial charge in [-0.1, -0.05) is 18.2 Å². The van der Waals surface area contributed by atoms with E-state index in [4.69, 9.17) is 17.3 Å². The van der Waals surface area contributed by atoms with Crippen LogP contribution >= 0.6 is 11.6 Å². The summed E-state index contributed by atoms with van der Waals surface area (Å²) in [6, 6.07) is 6.53. The second-order valence-electron chi connectivity index (χ2n) is 5.16. The third-order valence-corrected chi connectivity index (χ3v) is 3.99. The normalized spacial score (nSPS) is 18.1. The van der Waals surface area contributed by atoms with Gasteiger partial charge in [-0.15, -0.1) is 11.6 Å². The molecular weight excluding hydrogens is 260 g/mol. The van der Waals surface area contributed by atoms with Crippen molar-refractivity contribution in [2.45, 2.75) is 32.2 Å². The number of halogens is 1. The van der Waals surface area contributed by atoms with E-state index in [2.05, 4.69) is 23.5 Å². The number of carbonyl (C=O) groups excluding carboxylic acids is 1. The van der Waals surface area contributed by atoms with E-state index in [-0.39, 0.29) is 11.8 Å². The van der Waals surface area contributed by atoms with Crippen LogP contribution in [0.5, 0.6) is 0 Å². The van der Waals surface area contributed by atoms with Gasteiger partial charge in [-0.25, -0.2) is 0 Å². The highest BCUT2D eigenvalue weighted by atomic mass is 35.5. The molecule has 0 saturated carbocycles. The number of benzene rings is 1. The van der Waals surface area contributed by atoms with Crippen molar-refractivity contribution in [3.8, 4) is 0 Å². The van der Waals surface area contributed by atoms with Crippen molar-refractivity contribution in [2.24, 2.45) is 11.7 Å². The second-order valence-corrected chi connectivity index (χ2v) is 5.54. The number of alkyl halides is 1. The molecule has 4 heteroatoms. The molecule has 1 aliphatic carbocycles. The largest absolute Gasteiger partial charge is 0.369 e. The molecule has 19 heavy (non-hydrogen) atoms. The van der Waals surface area contributed by atoms with Crippen LogP contribution in [0.1, 0.15) is 29.5 Å². The minimum Gasteiger partial charge on any atom is -0.369 e. The fraction of sp³-hybridized carbons (Fsp3) is 0.533. The summed E-state index contributed by atoms with van der Waals surface area (Å²) in [6.45, 7) is 1.83. The summed E-state index contributed by atoms with van der Waals surface area (Å²) in [5.74, 6) is 0.545. The number of rotatable bonds is 6. The van der Waals surface area contributed by atoms with Crippen LogP contribution in [-0.2, 0) is 24.2 Å². The third-order valence-electron chi connectivity index (χ3n) is 3.72. The van der Waals surface area contributed by atoms with Crippen LogP contribution in [0.4, 0.5) is 0 Å². The number of aryl methyl sites for hydroxylation is 1. The lowest BCUT2D eigenvalue weighted by Gasteiger charge is -2.22. The Morgan fingerprint density at radius 1 is 1.42 bits per heavy atom.